The first kappa shape index (κ1) is 25.8. The van der Waals surface area contributed by atoms with E-state index in [9.17, 15) is 14.4 Å². The van der Waals surface area contributed by atoms with Crippen molar-refractivity contribution in [3.8, 4) is 5.75 Å². The zero-order chi connectivity index (χ0) is 26.4. The van der Waals surface area contributed by atoms with Crippen LogP contribution in [0.1, 0.15) is 60.7 Å². The van der Waals surface area contributed by atoms with E-state index >= 15 is 0 Å². The molecule has 0 saturated carbocycles. The molecular formula is C28H30N4O5. The molecule has 0 atom stereocenters. The van der Waals surface area contributed by atoms with Gasteiger partial charge < -0.3 is 14.0 Å². The lowest BCUT2D eigenvalue weighted by Crippen LogP contribution is -2.32. The van der Waals surface area contributed by atoms with Crippen molar-refractivity contribution in [2.24, 2.45) is 4.99 Å². The molecule has 9 nitrogen and oxygen atoms in total. The third-order valence-corrected chi connectivity index (χ3v) is 5.81. The Bertz CT molecular complexity index is 1570. The standard InChI is InChI=1S/C28H30N4O5/c1-4-7-17-37-20-13-11-19(12-14-20)26(33)30-25-22(28(35)36-6-3)18-21-24(32(25)15-5-2)29-23-10-8-9-16-31(23)27(21)34/h8-14,16,18H,4-7,15,17H2,1-3H3. The van der Waals surface area contributed by atoms with Gasteiger partial charge in [0.25, 0.3) is 11.5 Å². The topological polar surface area (TPSA) is 104 Å². The lowest BCUT2D eigenvalue weighted by Gasteiger charge is -2.14. The minimum Gasteiger partial charge on any atom is -0.494 e. The van der Waals surface area contributed by atoms with Crippen molar-refractivity contribution < 1.29 is 19.1 Å². The van der Waals surface area contributed by atoms with Gasteiger partial charge in [0.05, 0.1) is 18.6 Å². The lowest BCUT2D eigenvalue weighted by molar-refractivity contribution is 0.0523. The van der Waals surface area contributed by atoms with E-state index in [2.05, 4.69) is 16.9 Å². The Balaban J connectivity index is 1.92. The Morgan fingerprint density at radius 1 is 1.03 bits per heavy atom. The first-order valence-electron chi connectivity index (χ1n) is 12.5. The van der Waals surface area contributed by atoms with Crippen molar-refractivity contribution in [2.75, 3.05) is 13.2 Å². The van der Waals surface area contributed by atoms with Crippen molar-refractivity contribution in [1.82, 2.24) is 14.0 Å². The molecule has 9 heteroatoms. The van der Waals surface area contributed by atoms with Gasteiger partial charge in [-0.15, -0.1) is 0 Å². The Labute approximate surface area is 214 Å². The van der Waals surface area contributed by atoms with Gasteiger partial charge in [-0.05, 0) is 62.2 Å². The van der Waals surface area contributed by atoms with E-state index in [1.807, 2.05) is 6.92 Å². The zero-order valence-corrected chi connectivity index (χ0v) is 21.3. The number of hydrogen-bond acceptors (Lipinski definition) is 6. The van der Waals surface area contributed by atoms with E-state index in [0.717, 1.165) is 12.8 Å². The molecule has 37 heavy (non-hydrogen) atoms. The maximum atomic E-state index is 13.3. The Morgan fingerprint density at radius 2 is 1.81 bits per heavy atom. The maximum absolute atomic E-state index is 13.3. The van der Waals surface area contributed by atoms with Crippen LogP contribution in [0.2, 0.25) is 0 Å². The first-order chi connectivity index (χ1) is 18.0. The second-order valence-corrected chi connectivity index (χ2v) is 8.48. The van der Waals surface area contributed by atoms with E-state index in [-0.39, 0.29) is 28.6 Å². The van der Waals surface area contributed by atoms with Crippen LogP contribution in [0.4, 0.5) is 0 Å². The molecule has 0 aliphatic rings. The highest BCUT2D eigenvalue weighted by atomic mass is 16.5. The number of unbranched alkanes of at least 4 members (excludes halogenated alkanes) is 1. The number of aryl methyl sites for hydroxylation is 1. The predicted octanol–water partition coefficient (Wildman–Crippen LogP) is 4.16. The van der Waals surface area contributed by atoms with Gasteiger partial charge in [0.1, 0.15) is 22.6 Å². The van der Waals surface area contributed by atoms with Crippen LogP contribution in [0.15, 0.2) is 64.5 Å². The fourth-order valence-electron chi connectivity index (χ4n) is 3.98. The van der Waals surface area contributed by atoms with Crippen LogP contribution in [0, 0.1) is 0 Å². The summed E-state index contributed by atoms with van der Waals surface area (Å²) in [5.41, 5.74) is 0.945. The number of fused-ring (bicyclic) bond motifs is 2. The van der Waals surface area contributed by atoms with Gasteiger partial charge >= 0.3 is 5.97 Å². The van der Waals surface area contributed by atoms with Crippen molar-refractivity contribution in [3.05, 3.63) is 81.7 Å². The number of carbonyl (C=O) groups excluding carboxylic acids is 2. The smallest absolute Gasteiger partial charge is 0.341 e. The summed E-state index contributed by atoms with van der Waals surface area (Å²) in [6, 6.07) is 13.4. The highest BCUT2D eigenvalue weighted by Gasteiger charge is 2.20. The van der Waals surface area contributed by atoms with Crippen molar-refractivity contribution >= 4 is 28.6 Å². The molecule has 1 aromatic carbocycles. The Morgan fingerprint density at radius 3 is 2.51 bits per heavy atom. The normalized spacial score (nSPS) is 11.7. The highest BCUT2D eigenvalue weighted by Crippen LogP contribution is 2.15. The van der Waals surface area contributed by atoms with Crippen LogP contribution in [-0.4, -0.2) is 39.0 Å². The van der Waals surface area contributed by atoms with Crippen LogP contribution < -0.4 is 15.8 Å². The maximum Gasteiger partial charge on any atom is 0.341 e. The third kappa shape index (κ3) is 5.45. The number of amides is 1. The fraction of sp³-hybridized carbons (Fsp3) is 0.321. The molecule has 0 fully saturated rings. The summed E-state index contributed by atoms with van der Waals surface area (Å²) in [6.07, 6.45) is 4.25. The van der Waals surface area contributed by atoms with Gasteiger partial charge in [-0.3, -0.25) is 14.0 Å². The summed E-state index contributed by atoms with van der Waals surface area (Å²) >= 11 is 0. The molecule has 192 valence electrons. The molecule has 0 N–H and O–H groups in total. The van der Waals surface area contributed by atoms with Gasteiger partial charge in [-0.1, -0.05) is 26.3 Å². The number of nitrogens with zero attached hydrogens (tertiary/aromatic N) is 4. The van der Waals surface area contributed by atoms with Crippen molar-refractivity contribution in [3.63, 3.8) is 0 Å². The summed E-state index contributed by atoms with van der Waals surface area (Å²) in [5.74, 6) is -0.536. The van der Waals surface area contributed by atoms with Gasteiger partial charge in [-0.2, -0.15) is 4.99 Å². The third-order valence-electron chi connectivity index (χ3n) is 5.81. The Hall–Kier alpha value is -4.27. The minimum absolute atomic E-state index is 0.0328. The number of esters is 1. The molecule has 0 aliphatic carbocycles. The fourth-order valence-corrected chi connectivity index (χ4v) is 3.98. The van der Waals surface area contributed by atoms with E-state index in [1.54, 1.807) is 60.2 Å². The van der Waals surface area contributed by atoms with Crippen molar-refractivity contribution in [1.29, 1.82) is 0 Å². The van der Waals surface area contributed by atoms with E-state index in [4.69, 9.17) is 9.47 Å². The Kier molecular flexibility index (Phi) is 8.12. The minimum atomic E-state index is -0.668. The van der Waals surface area contributed by atoms with E-state index < -0.39 is 11.9 Å². The molecule has 0 radical (unpaired) electrons. The van der Waals surface area contributed by atoms with Crippen LogP contribution >= 0.6 is 0 Å². The molecule has 3 aromatic heterocycles. The summed E-state index contributed by atoms with van der Waals surface area (Å²) in [6.45, 7) is 6.85. The average Bonchev–Trinajstić information content (AvgIpc) is 2.91. The molecular weight excluding hydrogens is 472 g/mol. The molecule has 4 aromatic rings. The number of ether oxygens (including phenoxy) is 2. The summed E-state index contributed by atoms with van der Waals surface area (Å²) < 4.78 is 14.0. The summed E-state index contributed by atoms with van der Waals surface area (Å²) in [5, 5.41) is 0.236. The number of hydrogen-bond donors (Lipinski definition) is 0. The predicted molar refractivity (Wildman–Crippen MR) is 140 cm³/mol. The molecule has 1 amide bonds. The SMILES string of the molecule is CCCCOc1ccc(C(=O)N=c2c(C(=O)OCC)cc3c(=O)n4ccccc4nc3n2CCC)cc1. The summed E-state index contributed by atoms with van der Waals surface area (Å²) in [7, 11) is 0. The van der Waals surface area contributed by atoms with Gasteiger partial charge in [0, 0.05) is 18.3 Å². The highest BCUT2D eigenvalue weighted by molar-refractivity contribution is 5.97. The first-order valence-corrected chi connectivity index (χ1v) is 12.5. The zero-order valence-electron chi connectivity index (χ0n) is 21.3. The van der Waals surface area contributed by atoms with Crippen LogP contribution in [-0.2, 0) is 11.3 Å². The molecule has 0 saturated heterocycles. The van der Waals surface area contributed by atoms with Crippen molar-refractivity contribution in [2.45, 2.75) is 46.6 Å². The second-order valence-electron chi connectivity index (χ2n) is 8.48. The van der Waals surface area contributed by atoms with Gasteiger partial charge in [0.2, 0.25) is 0 Å². The molecule has 0 bridgehead atoms. The number of pyridine rings is 2. The molecule has 3 heterocycles. The number of rotatable bonds is 9. The quantitative estimate of drug-likeness (QED) is 0.193. The van der Waals surface area contributed by atoms with Crippen LogP contribution in [0.5, 0.6) is 5.75 Å². The van der Waals surface area contributed by atoms with E-state index in [1.165, 1.54) is 10.5 Å². The largest absolute Gasteiger partial charge is 0.494 e. The number of aromatic nitrogens is 3. The van der Waals surface area contributed by atoms with Gasteiger partial charge in [-0.25, -0.2) is 9.78 Å². The molecule has 0 aliphatic heterocycles. The summed E-state index contributed by atoms with van der Waals surface area (Å²) in [4.78, 5) is 48.5. The monoisotopic (exact) mass is 502 g/mol. The number of benzene rings is 1. The average molecular weight is 503 g/mol. The second kappa shape index (κ2) is 11.6. The lowest BCUT2D eigenvalue weighted by atomic mass is 10.2. The number of carbonyl (C=O) groups is 2. The molecule has 0 unspecified atom stereocenters. The van der Waals surface area contributed by atoms with Gasteiger partial charge in [0.15, 0.2) is 5.49 Å². The van der Waals surface area contributed by atoms with Crippen LogP contribution in [0.3, 0.4) is 0 Å². The molecule has 0 spiro atoms. The molecule has 4 rings (SSSR count). The van der Waals surface area contributed by atoms with E-state index in [0.29, 0.717) is 42.2 Å². The van der Waals surface area contributed by atoms with Crippen LogP contribution in [0.25, 0.3) is 16.7 Å².